The van der Waals surface area contributed by atoms with Gasteiger partial charge in [-0.05, 0) is 42.0 Å². The molecule has 1 aliphatic heterocycles. The van der Waals surface area contributed by atoms with Gasteiger partial charge in [0.1, 0.15) is 6.04 Å². The lowest BCUT2D eigenvalue weighted by molar-refractivity contribution is -0.145. The number of carbonyl (C=O) groups is 1. The van der Waals surface area contributed by atoms with Gasteiger partial charge < -0.3 is 4.74 Å². The molecule has 1 aromatic heterocycles. The average Bonchev–Trinajstić information content (AvgIpc) is 3.08. The number of methoxy groups -OCH3 is 1. The Morgan fingerprint density at radius 1 is 1.28 bits per heavy atom. The zero-order valence-electron chi connectivity index (χ0n) is 14.0. The van der Waals surface area contributed by atoms with Gasteiger partial charge in [-0.1, -0.05) is 29.8 Å². The molecule has 0 saturated carbocycles. The van der Waals surface area contributed by atoms with Crippen LogP contribution in [0.25, 0.3) is 6.08 Å². The lowest BCUT2D eigenvalue weighted by Gasteiger charge is -2.31. The number of hydrogen-bond donors (Lipinski definition) is 0. The zero-order chi connectivity index (χ0) is 18.0. The maximum absolute atomic E-state index is 12.8. The molecular formula is C18H19NO4S2. The number of sulfonamides is 1. The Kier molecular flexibility index (Phi) is 5.08. The number of thiophene rings is 1. The van der Waals surface area contributed by atoms with Gasteiger partial charge in [-0.25, -0.2) is 13.2 Å². The zero-order valence-corrected chi connectivity index (χ0v) is 15.6. The predicted molar refractivity (Wildman–Crippen MR) is 98.6 cm³/mol. The Labute approximate surface area is 151 Å². The van der Waals surface area contributed by atoms with Gasteiger partial charge >= 0.3 is 5.97 Å². The van der Waals surface area contributed by atoms with E-state index in [4.69, 9.17) is 4.74 Å². The van der Waals surface area contributed by atoms with E-state index in [-0.39, 0.29) is 6.54 Å². The second kappa shape index (κ2) is 7.11. The number of esters is 1. The van der Waals surface area contributed by atoms with Gasteiger partial charge in [0.15, 0.2) is 0 Å². The second-order valence-electron chi connectivity index (χ2n) is 5.84. The molecule has 1 unspecified atom stereocenters. The molecule has 0 aliphatic carbocycles. The van der Waals surface area contributed by atoms with E-state index in [0.29, 0.717) is 6.42 Å². The summed E-state index contributed by atoms with van der Waals surface area (Å²) in [6.07, 6.45) is 2.14. The number of rotatable bonds is 4. The van der Waals surface area contributed by atoms with Crippen molar-refractivity contribution in [3.63, 3.8) is 0 Å². The topological polar surface area (TPSA) is 63.7 Å². The fourth-order valence-corrected chi connectivity index (χ4v) is 5.07. The highest BCUT2D eigenvalue weighted by molar-refractivity contribution is 7.92. The van der Waals surface area contributed by atoms with E-state index in [0.717, 1.165) is 27.0 Å². The van der Waals surface area contributed by atoms with Crippen molar-refractivity contribution < 1.29 is 17.9 Å². The highest BCUT2D eigenvalue weighted by Gasteiger charge is 2.40. The van der Waals surface area contributed by atoms with Crippen molar-refractivity contribution in [2.45, 2.75) is 19.4 Å². The van der Waals surface area contributed by atoms with Gasteiger partial charge in [0, 0.05) is 16.8 Å². The summed E-state index contributed by atoms with van der Waals surface area (Å²) in [7, 11) is -2.49. The molecule has 0 radical (unpaired) electrons. The van der Waals surface area contributed by atoms with Gasteiger partial charge in [0.2, 0.25) is 10.0 Å². The molecule has 2 heterocycles. The van der Waals surface area contributed by atoms with Crippen molar-refractivity contribution in [1.29, 1.82) is 0 Å². The fraction of sp³-hybridized carbons (Fsp3) is 0.278. The van der Waals surface area contributed by atoms with Crippen LogP contribution >= 0.6 is 11.3 Å². The molecule has 25 heavy (non-hydrogen) atoms. The van der Waals surface area contributed by atoms with Crippen LogP contribution in [0, 0.1) is 6.92 Å². The first-order valence-electron chi connectivity index (χ1n) is 7.83. The Morgan fingerprint density at radius 3 is 2.68 bits per heavy atom. The molecule has 0 saturated heterocycles. The van der Waals surface area contributed by atoms with Crippen LogP contribution in [0.5, 0.6) is 0 Å². The first kappa shape index (κ1) is 17.8. The molecular weight excluding hydrogens is 358 g/mol. The summed E-state index contributed by atoms with van der Waals surface area (Å²) in [5.74, 6) is -0.563. The summed E-state index contributed by atoms with van der Waals surface area (Å²) in [6.45, 7) is 2.23. The largest absolute Gasteiger partial charge is 0.468 e. The minimum Gasteiger partial charge on any atom is -0.468 e. The quantitative estimate of drug-likeness (QED) is 0.768. The van der Waals surface area contributed by atoms with Gasteiger partial charge in [0.25, 0.3) is 0 Å². The molecule has 2 aromatic rings. The smallest absolute Gasteiger partial charge is 0.328 e. The highest BCUT2D eigenvalue weighted by Crippen LogP contribution is 2.36. The van der Waals surface area contributed by atoms with Gasteiger partial charge in [0.05, 0.1) is 7.11 Å². The lowest BCUT2D eigenvalue weighted by atomic mass is 10.0. The monoisotopic (exact) mass is 377 g/mol. The van der Waals surface area contributed by atoms with E-state index < -0.39 is 22.0 Å². The van der Waals surface area contributed by atoms with Crippen LogP contribution in [0.4, 0.5) is 0 Å². The van der Waals surface area contributed by atoms with Crippen LogP contribution in [0.2, 0.25) is 0 Å². The third-order valence-electron chi connectivity index (χ3n) is 4.18. The molecule has 0 N–H and O–H groups in total. The van der Waals surface area contributed by atoms with Crippen molar-refractivity contribution in [1.82, 2.24) is 4.31 Å². The molecule has 0 bridgehead atoms. The molecule has 0 fully saturated rings. The summed E-state index contributed by atoms with van der Waals surface area (Å²) in [5, 5.41) is 3.03. The molecule has 1 atom stereocenters. The minimum absolute atomic E-state index is 0.258. The highest BCUT2D eigenvalue weighted by atomic mass is 32.2. The SMILES string of the molecule is COC(=O)C1c2ccsc2CCN1S(=O)(=O)/C=C/c1ccc(C)cc1. The average molecular weight is 377 g/mol. The van der Waals surface area contributed by atoms with E-state index in [1.165, 1.54) is 22.8 Å². The molecule has 5 nitrogen and oxygen atoms in total. The van der Waals surface area contributed by atoms with Crippen LogP contribution in [0.3, 0.4) is 0 Å². The van der Waals surface area contributed by atoms with Crippen LogP contribution in [-0.4, -0.2) is 32.3 Å². The summed E-state index contributed by atoms with van der Waals surface area (Å²) >= 11 is 1.53. The van der Waals surface area contributed by atoms with Crippen LogP contribution < -0.4 is 0 Å². The molecule has 132 valence electrons. The summed E-state index contributed by atoms with van der Waals surface area (Å²) in [5.41, 5.74) is 2.61. The fourth-order valence-electron chi connectivity index (χ4n) is 2.84. The summed E-state index contributed by atoms with van der Waals surface area (Å²) in [6, 6.07) is 8.42. The lowest BCUT2D eigenvalue weighted by Crippen LogP contribution is -2.42. The van der Waals surface area contributed by atoms with E-state index in [1.807, 2.05) is 36.6 Å². The third-order valence-corrected chi connectivity index (χ3v) is 6.71. The predicted octanol–water partition coefficient (Wildman–Crippen LogP) is 3.13. The number of ether oxygens (including phenoxy) is 1. The molecule has 3 rings (SSSR count). The Hall–Kier alpha value is -1.96. The Balaban J connectivity index is 1.92. The van der Waals surface area contributed by atoms with Gasteiger partial charge in [-0.3, -0.25) is 0 Å². The maximum atomic E-state index is 12.8. The van der Waals surface area contributed by atoms with Crippen molar-refractivity contribution in [2.24, 2.45) is 0 Å². The molecule has 0 spiro atoms. The first-order valence-corrected chi connectivity index (χ1v) is 10.2. The van der Waals surface area contributed by atoms with E-state index >= 15 is 0 Å². The number of fused-ring (bicyclic) bond motifs is 1. The normalized spacial score (nSPS) is 18.2. The number of hydrogen-bond acceptors (Lipinski definition) is 5. The van der Waals surface area contributed by atoms with Crippen molar-refractivity contribution in [3.05, 3.63) is 62.7 Å². The molecule has 1 aromatic carbocycles. The molecule has 7 heteroatoms. The van der Waals surface area contributed by atoms with Gasteiger partial charge in [-0.2, -0.15) is 4.31 Å². The van der Waals surface area contributed by atoms with E-state index in [1.54, 1.807) is 12.1 Å². The second-order valence-corrected chi connectivity index (χ2v) is 8.62. The van der Waals surface area contributed by atoms with Crippen molar-refractivity contribution in [2.75, 3.05) is 13.7 Å². The van der Waals surface area contributed by atoms with Crippen molar-refractivity contribution >= 4 is 33.4 Å². The number of carbonyl (C=O) groups excluding carboxylic acids is 1. The van der Waals surface area contributed by atoms with E-state index in [2.05, 4.69) is 0 Å². The Morgan fingerprint density at radius 2 is 2.00 bits per heavy atom. The maximum Gasteiger partial charge on any atom is 0.328 e. The number of aryl methyl sites for hydroxylation is 1. The Bertz CT molecular complexity index is 897. The minimum atomic E-state index is -3.76. The molecule has 0 amide bonds. The van der Waals surface area contributed by atoms with Crippen LogP contribution in [0.1, 0.15) is 27.6 Å². The summed E-state index contributed by atoms with van der Waals surface area (Å²) in [4.78, 5) is 13.3. The van der Waals surface area contributed by atoms with Crippen molar-refractivity contribution in [3.8, 4) is 0 Å². The third kappa shape index (κ3) is 3.68. The van der Waals surface area contributed by atoms with Crippen LogP contribution in [-0.2, 0) is 26.0 Å². The van der Waals surface area contributed by atoms with E-state index in [9.17, 15) is 13.2 Å². The van der Waals surface area contributed by atoms with Crippen LogP contribution in [0.15, 0.2) is 41.1 Å². The van der Waals surface area contributed by atoms with Gasteiger partial charge in [-0.15, -0.1) is 11.3 Å². The molecule has 1 aliphatic rings. The summed E-state index contributed by atoms with van der Waals surface area (Å²) < 4.78 is 31.7. The standard InChI is InChI=1S/C18H19NO4S2/c1-13-3-5-14(6-4-13)9-12-25(21,22)19-10-7-16-15(8-11-24-16)17(19)18(20)23-2/h3-6,8-9,11-12,17H,7,10H2,1-2H3/b12-9+. The number of benzene rings is 1. The first-order chi connectivity index (χ1) is 11.9. The number of nitrogens with zero attached hydrogens (tertiary/aromatic N) is 1.